The van der Waals surface area contributed by atoms with Gasteiger partial charge in [-0.25, -0.2) is 0 Å². The van der Waals surface area contributed by atoms with Crippen LogP contribution in [-0.2, 0) is 11.3 Å². The van der Waals surface area contributed by atoms with E-state index in [-0.39, 0.29) is 12.5 Å². The highest BCUT2D eigenvalue weighted by atomic mass is 16.3. The van der Waals surface area contributed by atoms with Gasteiger partial charge in [0.15, 0.2) is 0 Å². The Morgan fingerprint density at radius 3 is 2.65 bits per heavy atom. The smallest absolute Gasteiger partial charge is 0.223 e. The number of likely N-dealkylation sites (tertiary alicyclic amines) is 1. The zero-order valence-corrected chi connectivity index (χ0v) is 9.62. The second-order valence-electron chi connectivity index (χ2n) is 4.36. The van der Waals surface area contributed by atoms with E-state index < -0.39 is 12.1 Å². The number of benzene rings is 1. The van der Waals surface area contributed by atoms with E-state index in [4.69, 9.17) is 0 Å². The minimum atomic E-state index is -0.624. The predicted octanol–water partition coefficient (Wildman–Crippen LogP) is 0.531. The van der Waals surface area contributed by atoms with Crippen LogP contribution in [-0.4, -0.2) is 39.8 Å². The molecule has 0 aromatic heterocycles. The topological polar surface area (TPSA) is 60.8 Å². The molecule has 1 aliphatic heterocycles. The van der Waals surface area contributed by atoms with Crippen molar-refractivity contribution in [1.82, 2.24) is 4.90 Å². The molecule has 1 aromatic carbocycles. The largest absolute Gasteiger partial charge is 0.394 e. The monoisotopic (exact) mass is 235 g/mol. The molecule has 0 spiro atoms. The molecule has 0 saturated carbocycles. The molecule has 1 saturated heterocycles. The summed E-state index contributed by atoms with van der Waals surface area (Å²) in [6, 6.07) is 9.13. The molecule has 0 radical (unpaired) electrons. The van der Waals surface area contributed by atoms with Crippen LogP contribution in [0.1, 0.15) is 18.4 Å². The molecule has 0 aliphatic carbocycles. The summed E-state index contributed by atoms with van der Waals surface area (Å²) in [6.07, 6.45) is 0.168. The molecule has 92 valence electrons. The summed E-state index contributed by atoms with van der Waals surface area (Å²) in [5.74, 6) is -0.00166. The molecular formula is C13H17NO3. The maximum absolute atomic E-state index is 11.8. The Morgan fingerprint density at radius 1 is 1.29 bits per heavy atom. The Hall–Kier alpha value is -1.39. The van der Waals surface area contributed by atoms with Gasteiger partial charge in [-0.2, -0.15) is 0 Å². The molecular weight excluding hydrogens is 218 g/mol. The van der Waals surface area contributed by atoms with Crippen molar-refractivity contribution >= 4 is 5.91 Å². The van der Waals surface area contributed by atoms with Gasteiger partial charge in [0.1, 0.15) is 0 Å². The summed E-state index contributed by atoms with van der Waals surface area (Å²) in [5.41, 5.74) is 1.01. The second kappa shape index (κ2) is 5.29. The lowest BCUT2D eigenvalue weighted by Crippen LogP contribution is -2.52. The highest BCUT2D eigenvalue weighted by molar-refractivity contribution is 5.77. The molecule has 1 heterocycles. The fraction of sp³-hybridized carbons (Fsp3) is 0.462. The average Bonchev–Trinajstić information content (AvgIpc) is 2.35. The van der Waals surface area contributed by atoms with Crippen molar-refractivity contribution in [2.45, 2.75) is 31.5 Å². The fourth-order valence-electron chi connectivity index (χ4n) is 2.21. The van der Waals surface area contributed by atoms with Crippen LogP contribution < -0.4 is 0 Å². The first-order valence-corrected chi connectivity index (χ1v) is 5.84. The highest BCUT2D eigenvalue weighted by Crippen LogP contribution is 2.21. The Kier molecular flexibility index (Phi) is 3.76. The lowest BCUT2D eigenvalue weighted by atomic mass is 9.98. The van der Waals surface area contributed by atoms with Crippen molar-refractivity contribution in [3.05, 3.63) is 35.9 Å². The number of amides is 1. The van der Waals surface area contributed by atoms with Gasteiger partial charge in [0, 0.05) is 13.0 Å². The van der Waals surface area contributed by atoms with E-state index in [0.717, 1.165) is 5.56 Å². The Labute approximate surface area is 100 Å². The first-order chi connectivity index (χ1) is 8.22. The van der Waals surface area contributed by atoms with E-state index in [9.17, 15) is 15.0 Å². The number of aliphatic hydroxyl groups excluding tert-OH is 2. The fourth-order valence-corrected chi connectivity index (χ4v) is 2.21. The molecule has 1 fully saturated rings. The maximum Gasteiger partial charge on any atom is 0.223 e. The third kappa shape index (κ3) is 2.65. The molecule has 0 unspecified atom stereocenters. The maximum atomic E-state index is 11.8. The Morgan fingerprint density at radius 2 is 2.00 bits per heavy atom. The number of carbonyl (C=O) groups is 1. The lowest BCUT2D eigenvalue weighted by molar-refractivity contribution is -0.144. The SMILES string of the molecule is O=C1CC[C@@H](O)[C@H](CO)N1Cc1ccccc1. The normalized spacial score (nSPS) is 25.1. The van der Waals surface area contributed by atoms with Crippen LogP contribution in [0.15, 0.2) is 30.3 Å². The minimum Gasteiger partial charge on any atom is -0.394 e. The molecule has 1 aromatic rings. The van der Waals surface area contributed by atoms with E-state index in [0.29, 0.717) is 19.4 Å². The molecule has 4 heteroatoms. The molecule has 1 aliphatic rings. The van der Waals surface area contributed by atoms with Crippen molar-refractivity contribution in [3.63, 3.8) is 0 Å². The first kappa shape index (κ1) is 12.1. The summed E-state index contributed by atoms with van der Waals surface area (Å²) < 4.78 is 0. The summed E-state index contributed by atoms with van der Waals surface area (Å²) >= 11 is 0. The van der Waals surface area contributed by atoms with E-state index in [1.807, 2.05) is 30.3 Å². The third-order valence-corrected chi connectivity index (χ3v) is 3.20. The summed E-state index contributed by atoms with van der Waals surface area (Å²) in [7, 11) is 0. The predicted molar refractivity (Wildman–Crippen MR) is 63.1 cm³/mol. The molecule has 0 bridgehead atoms. The first-order valence-electron chi connectivity index (χ1n) is 5.84. The Bertz CT molecular complexity index is 380. The van der Waals surface area contributed by atoms with Gasteiger partial charge in [-0.15, -0.1) is 0 Å². The van der Waals surface area contributed by atoms with E-state index in [1.165, 1.54) is 0 Å². The van der Waals surface area contributed by atoms with Gasteiger partial charge in [-0.3, -0.25) is 4.79 Å². The molecule has 4 nitrogen and oxygen atoms in total. The zero-order chi connectivity index (χ0) is 12.3. The van der Waals surface area contributed by atoms with Gasteiger partial charge in [-0.1, -0.05) is 30.3 Å². The molecule has 2 rings (SSSR count). The summed E-state index contributed by atoms with van der Waals surface area (Å²) in [4.78, 5) is 13.4. The van der Waals surface area contributed by atoms with Gasteiger partial charge in [0.05, 0.1) is 18.8 Å². The summed E-state index contributed by atoms with van der Waals surface area (Å²) in [6.45, 7) is 0.252. The van der Waals surface area contributed by atoms with E-state index in [1.54, 1.807) is 4.90 Å². The quantitative estimate of drug-likeness (QED) is 0.803. The van der Waals surface area contributed by atoms with Gasteiger partial charge in [-0.05, 0) is 12.0 Å². The number of aliphatic hydroxyl groups is 2. The van der Waals surface area contributed by atoms with Crippen LogP contribution in [0.3, 0.4) is 0 Å². The number of nitrogens with zero attached hydrogens (tertiary/aromatic N) is 1. The van der Waals surface area contributed by atoms with Crippen molar-refractivity contribution in [2.24, 2.45) is 0 Å². The zero-order valence-electron chi connectivity index (χ0n) is 9.62. The number of hydrogen-bond acceptors (Lipinski definition) is 3. The number of hydrogen-bond donors (Lipinski definition) is 2. The van der Waals surface area contributed by atoms with Gasteiger partial charge in [0.25, 0.3) is 0 Å². The van der Waals surface area contributed by atoms with Gasteiger partial charge < -0.3 is 15.1 Å². The minimum absolute atomic E-state index is 0.00166. The van der Waals surface area contributed by atoms with Crippen LogP contribution in [0.5, 0.6) is 0 Å². The van der Waals surface area contributed by atoms with Crippen molar-refractivity contribution in [3.8, 4) is 0 Å². The van der Waals surface area contributed by atoms with Crippen LogP contribution in [0, 0.1) is 0 Å². The standard InChI is InChI=1S/C13H17NO3/c15-9-11-12(16)6-7-13(17)14(11)8-10-4-2-1-3-5-10/h1-5,11-12,15-16H,6-9H2/t11-,12+/m0/s1. The van der Waals surface area contributed by atoms with Crippen molar-refractivity contribution in [1.29, 1.82) is 0 Å². The van der Waals surface area contributed by atoms with Crippen LogP contribution in [0.2, 0.25) is 0 Å². The molecule has 17 heavy (non-hydrogen) atoms. The number of rotatable bonds is 3. The van der Waals surface area contributed by atoms with Crippen LogP contribution in [0.4, 0.5) is 0 Å². The number of carbonyl (C=O) groups excluding carboxylic acids is 1. The Balaban J connectivity index is 2.13. The molecule has 1 amide bonds. The van der Waals surface area contributed by atoms with E-state index in [2.05, 4.69) is 0 Å². The summed E-state index contributed by atoms with van der Waals surface area (Å²) in [5, 5.41) is 19.1. The van der Waals surface area contributed by atoms with Crippen molar-refractivity contribution in [2.75, 3.05) is 6.61 Å². The molecule has 2 N–H and O–H groups in total. The number of piperidine rings is 1. The average molecular weight is 235 g/mol. The second-order valence-corrected chi connectivity index (χ2v) is 4.36. The van der Waals surface area contributed by atoms with E-state index >= 15 is 0 Å². The lowest BCUT2D eigenvalue weighted by Gasteiger charge is -2.38. The molecule has 2 atom stereocenters. The van der Waals surface area contributed by atoms with Crippen LogP contribution in [0.25, 0.3) is 0 Å². The third-order valence-electron chi connectivity index (χ3n) is 3.20. The van der Waals surface area contributed by atoms with Crippen molar-refractivity contribution < 1.29 is 15.0 Å². The van der Waals surface area contributed by atoms with Gasteiger partial charge in [0.2, 0.25) is 5.91 Å². The van der Waals surface area contributed by atoms with Gasteiger partial charge >= 0.3 is 0 Å². The van der Waals surface area contributed by atoms with Crippen LogP contribution >= 0.6 is 0 Å². The highest BCUT2D eigenvalue weighted by Gasteiger charge is 2.33.